The highest BCUT2D eigenvalue weighted by Crippen LogP contribution is 2.25. The molecule has 0 aliphatic heterocycles. The molecule has 3 heteroatoms. The third-order valence-corrected chi connectivity index (χ3v) is 3.57. The summed E-state index contributed by atoms with van der Waals surface area (Å²) in [5.41, 5.74) is -0.343. The standard InChI is InChI=1S/C13H22N2O/c1-13(10-14,15-11-6-7-11)8-3-9-16-12-4-2-5-12/h11-12,15H,2-9H2,1H3. The van der Waals surface area contributed by atoms with Gasteiger partial charge in [-0.3, -0.25) is 5.32 Å². The van der Waals surface area contributed by atoms with Gasteiger partial charge < -0.3 is 4.74 Å². The van der Waals surface area contributed by atoms with E-state index < -0.39 is 0 Å². The summed E-state index contributed by atoms with van der Waals surface area (Å²) in [6, 6.07) is 2.99. The molecule has 0 aromatic carbocycles. The van der Waals surface area contributed by atoms with Gasteiger partial charge >= 0.3 is 0 Å². The Morgan fingerprint density at radius 1 is 1.38 bits per heavy atom. The Morgan fingerprint density at radius 2 is 2.12 bits per heavy atom. The number of ether oxygens (including phenoxy) is 1. The smallest absolute Gasteiger partial charge is 0.104 e. The normalized spacial score (nSPS) is 24.5. The Kier molecular flexibility index (Phi) is 3.83. The zero-order valence-electron chi connectivity index (χ0n) is 10.2. The largest absolute Gasteiger partial charge is 0.378 e. The van der Waals surface area contributed by atoms with Crippen molar-refractivity contribution < 1.29 is 4.74 Å². The molecule has 0 bridgehead atoms. The summed E-state index contributed by atoms with van der Waals surface area (Å²) in [7, 11) is 0. The molecule has 16 heavy (non-hydrogen) atoms. The van der Waals surface area contributed by atoms with Gasteiger partial charge in [-0.25, -0.2) is 0 Å². The fourth-order valence-electron chi connectivity index (χ4n) is 2.05. The van der Waals surface area contributed by atoms with Crippen LogP contribution < -0.4 is 5.32 Å². The molecule has 0 radical (unpaired) electrons. The van der Waals surface area contributed by atoms with Crippen LogP contribution in [0.25, 0.3) is 0 Å². The van der Waals surface area contributed by atoms with E-state index >= 15 is 0 Å². The quantitative estimate of drug-likeness (QED) is 0.673. The molecule has 1 atom stereocenters. The minimum absolute atomic E-state index is 0.343. The van der Waals surface area contributed by atoms with Crippen molar-refractivity contribution in [3.8, 4) is 6.07 Å². The first-order valence-corrected chi connectivity index (χ1v) is 6.52. The van der Waals surface area contributed by atoms with Crippen LogP contribution in [0.3, 0.4) is 0 Å². The second kappa shape index (κ2) is 5.16. The number of hydrogen-bond donors (Lipinski definition) is 1. The van der Waals surface area contributed by atoms with E-state index in [0.717, 1.165) is 19.4 Å². The van der Waals surface area contributed by atoms with Crippen molar-refractivity contribution in [3.05, 3.63) is 0 Å². The number of nitriles is 1. The lowest BCUT2D eigenvalue weighted by Crippen LogP contribution is -2.42. The molecule has 2 fully saturated rings. The molecule has 0 aromatic rings. The molecular formula is C13H22N2O. The van der Waals surface area contributed by atoms with E-state index in [2.05, 4.69) is 11.4 Å². The number of rotatable bonds is 7. The van der Waals surface area contributed by atoms with Gasteiger partial charge in [0.1, 0.15) is 5.54 Å². The Hall–Kier alpha value is -0.590. The first-order chi connectivity index (χ1) is 7.72. The second-order valence-electron chi connectivity index (χ2n) is 5.39. The average Bonchev–Trinajstić information content (AvgIpc) is 2.98. The van der Waals surface area contributed by atoms with Crippen molar-refractivity contribution in [1.29, 1.82) is 5.26 Å². The second-order valence-corrected chi connectivity index (χ2v) is 5.39. The fraction of sp³-hybridized carbons (Fsp3) is 0.923. The molecule has 0 amide bonds. The first-order valence-electron chi connectivity index (χ1n) is 6.52. The van der Waals surface area contributed by atoms with Crippen LogP contribution in [-0.2, 0) is 4.74 Å². The van der Waals surface area contributed by atoms with Gasteiger partial charge in [0.25, 0.3) is 0 Å². The van der Waals surface area contributed by atoms with E-state index in [1.165, 1.54) is 32.1 Å². The molecule has 0 saturated heterocycles. The van der Waals surface area contributed by atoms with Crippen LogP contribution in [0.1, 0.15) is 51.9 Å². The molecule has 1 unspecified atom stereocenters. The Balaban J connectivity index is 1.59. The van der Waals surface area contributed by atoms with Crippen LogP contribution in [0.2, 0.25) is 0 Å². The van der Waals surface area contributed by atoms with E-state index in [1.54, 1.807) is 0 Å². The van der Waals surface area contributed by atoms with Gasteiger partial charge in [-0.05, 0) is 51.9 Å². The van der Waals surface area contributed by atoms with Gasteiger partial charge in [0.05, 0.1) is 12.2 Å². The van der Waals surface area contributed by atoms with Gasteiger partial charge in [-0.2, -0.15) is 5.26 Å². The van der Waals surface area contributed by atoms with Crippen LogP contribution in [0, 0.1) is 11.3 Å². The lowest BCUT2D eigenvalue weighted by Gasteiger charge is -2.27. The van der Waals surface area contributed by atoms with Crippen LogP contribution >= 0.6 is 0 Å². The fourth-order valence-corrected chi connectivity index (χ4v) is 2.05. The lowest BCUT2D eigenvalue weighted by atomic mass is 9.95. The number of hydrogen-bond acceptors (Lipinski definition) is 3. The molecule has 90 valence electrons. The Morgan fingerprint density at radius 3 is 2.62 bits per heavy atom. The first kappa shape index (κ1) is 11.9. The zero-order valence-corrected chi connectivity index (χ0v) is 10.2. The lowest BCUT2D eigenvalue weighted by molar-refractivity contribution is -0.000596. The monoisotopic (exact) mass is 222 g/mol. The number of nitrogens with zero attached hydrogens (tertiary/aromatic N) is 1. The van der Waals surface area contributed by atoms with Gasteiger partial charge in [0.15, 0.2) is 0 Å². The molecule has 3 nitrogen and oxygen atoms in total. The van der Waals surface area contributed by atoms with Crippen molar-refractivity contribution in [2.24, 2.45) is 0 Å². The summed E-state index contributed by atoms with van der Waals surface area (Å²) in [5.74, 6) is 0. The molecule has 0 heterocycles. The highest BCUT2D eigenvalue weighted by molar-refractivity contribution is 5.06. The third kappa shape index (κ3) is 3.47. The highest BCUT2D eigenvalue weighted by Gasteiger charge is 2.32. The van der Waals surface area contributed by atoms with E-state index in [1.807, 2.05) is 6.92 Å². The summed E-state index contributed by atoms with van der Waals surface area (Å²) >= 11 is 0. The zero-order chi connectivity index (χ0) is 11.4. The Bertz CT molecular complexity index is 266. The average molecular weight is 222 g/mol. The van der Waals surface area contributed by atoms with Gasteiger partial charge in [-0.15, -0.1) is 0 Å². The van der Waals surface area contributed by atoms with Crippen molar-refractivity contribution in [3.63, 3.8) is 0 Å². The molecule has 2 aliphatic carbocycles. The summed E-state index contributed by atoms with van der Waals surface area (Å²) in [5, 5.41) is 12.6. The van der Waals surface area contributed by atoms with Crippen molar-refractivity contribution in [2.75, 3.05) is 6.61 Å². The van der Waals surface area contributed by atoms with Gasteiger partial charge in [0, 0.05) is 12.6 Å². The van der Waals surface area contributed by atoms with E-state index in [9.17, 15) is 5.26 Å². The maximum atomic E-state index is 9.17. The van der Waals surface area contributed by atoms with Crippen LogP contribution in [-0.4, -0.2) is 24.3 Å². The third-order valence-electron chi connectivity index (χ3n) is 3.57. The summed E-state index contributed by atoms with van der Waals surface area (Å²) in [6.07, 6.45) is 8.65. The summed E-state index contributed by atoms with van der Waals surface area (Å²) in [4.78, 5) is 0. The summed E-state index contributed by atoms with van der Waals surface area (Å²) < 4.78 is 5.70. The van der Waals surface area contributed by atoms with Crippen molar-refractivity contribution >= 4 is 0 Å². The van der Waals surface area contributed by atoms with Crippen molar-refractivity contribution in [2.45, 2.75) is 69.6 Å². The Labute approximate surface area is 98.2 Å². The maximum Gasteiger partial charge on any atom is 0.104 e. The molecular weight excluding hydrogens is 200 g/mol. The van der Waals surface area contributed by atoms with Crippen LogP contribution in [0.4, 0.5) is 0 Å². The van der Waals surface area contributed by atoms with Crippen molar-refractivity contribution in [1.82, 2.24) is 5.32 Å². The molecule has 2 saturated carbocycles. The van der Waals surface area contributed by atoms with E-state index in [4.69, 9.17) is 4.74 Å². The SMILES string of the molecule is CC(C#N)(CCCOC1CCC1)NC1CC1. The maximum absolute atomic E-state index is 9.17. The molecule has 1 N–H and O–H groups in total. The molecule has 2 rings (SSSR count). The topological polar surface area (TPSA) is 45.0 Å². The van der Waals surface area contributed by atoms with E-state index in [0.29, 0.717) is 12.1 Å². The van der Waals surface area contributed by atoms with Gasteiger partial charge in [0.2, 0.25) is 0 Å². The summed E-state index contributed by atoms with van der Waals surface area (Å²) in [6.45, 7) is 2.82. The minimum atomic E-state index is -0.343. The van der Waals surface area contributed by atoms with Crippen LogP contribution in [0.5, 0.6) is 0 Å². The predicted octanol–water partition coefficient (Wildman–Crippen LogP) is 2.37. The highest BCUT2D eigenvalue weighted by atomic mass is 16.5. The molecule has 2 aliphatic rings. The predicted molar refractivity (Wildman–Crippen MR) is 63.0 cm³/mol. The number of nitrogens with one attached hydrogen (secondary N) is 1. The van der Waals surface area contributed by atoms with Gasteiger partial charge in [-0.1, -0.05) is 0 Å². The van der Waals surface area contributed by atoms with E-state index in [-0.39, 0.29) is 5.54 Å². The minimum Gasteiger partial charge on any atom is -0.378 e. The molecule has 0 aromatic heterocycles. The molecule has 0 spiro atoms. The van der Waals surface area contributed by atoms with Crippen LogP contribution in [0.15, 0.2) is 0 Å².